The number of rotatable bonds is 8. The van der Waals surface area contributed by atoms with Gasteiger partial charge in [0.1, 0.15) is 0 Å². The van der Waals surface area contributed by atoms with Crippen molar-refractivity contribution in [3.8, 4) is 5.69 Å². The molecule has 1 atom stereocenters. The molecule has 0 saturated carbocycles. The minimum absolute atomic E-state index is 0.129. The van der Waals surface area contributed by atoms with Crippen molar-refractivity contribution in [2.45, 2.75) is 45.8 Å². The number of hydrogen-bond donors (Lipinski definition) is 2. The molecule has 1 heterocycles. The fourth-order valence-corrected chi connectivity index (χ4v) is 4.31. The van der Waals surface area contributed by atoms with Crippen molar-refractivity contribution >= 4 is 16.7 Å². The van der Waals surface area contributed by atoms with Crippen molar-refractivity contribution in [2.75, 3.05) is 0 Å². The molecule has 5 heteroatoms. The van der Waals surface area contributed by atoms with E-state index in [-0.39, 0.29) is 23.6 Å². The molecule has 0 aliphatic rings. The van der Waals surface area contributed by atoms with Gasteiger partial charge in [-0.2, -0.15) is 0 Å². The minimum atomic E-state index is -0.183. The molecule has 1 aromatic heterocycles. The van der Waals surface area contributed by atoms with Crippen LogP contribution >= 0.6 is 0 Å². The lowest BCUT2D eigenvalue weighted by molar-refractivity contribution is 0.0935. The van der Waals surface area contributed by atoms with Crippen LogP contribution in [0.3, 0.4) is 0 Å². The number of hydrogen-bond acceptors (Lipinski definition) is 3. The number of amides is 1. The van der Waals surface area contributed by atoms with E-state index < -0.39 is 0 Å². The summed E-state index contributed by atoms with van der Waals surface area (Å²) in [7, 11) is 0. The predicted molar refractivity (Wildman–Crippen MR) is 138 cm³/mol. The first-order valence-electron chi connectivity index (χ1n) is 11.8. The number of nitrogens with zero attached hydrogens (tertiary/aromatic N) is 1. The van der Waals surface area contributed by atoms with Gasteiger partial charge in [0.25, 0.3) is 11.5 Å². The topological polar surface area (TPSA) is 63.1 Å². The summed E-state index contributed by atoms with van der Waals surface area (Å²) in [4.78, 5) is 27.6. The number of benzene rings is 3. The van der Waals surface area contributed by atoms with Crippen molar-refractivity contribution in [1.82, 2.24) is 15.2 Å². The average Bonchev–Trinajstić information content (AvgIpc) is 2.87. The van der Waals surface area contributed by atoms with E-state index >= 15 is 0 Å². The maximum absolute atomic E-state index is 13.9. The Morgan fingerprint density at radius 2 is 1.44 bits per heavy atom. The molecule has 174 valence electrons. The summed E-state index contributed by atoms with van der Waals surface area (Å²) in [6.45, 7) is 6.54. The van der Waals surface area contributed by atoms with Gasteiger partial charge in [-0.3, -0.25) is 14.2 Å². The highest BCUT2D eigenvalue weighted by atomic mass is 16.2. The van der Waals surface area contributed by atoms with E-state index in [4.69, 9.17) is 0 Å². The zero-order valence-electron chi connectivity index (χ0n) is 19.9. The van der Waals surface area contributed by atoms with E-state index in [0.29, 0.717) is 28.6 Å². The first-order valence-corrected chi connectivity index (χ1v) is 11.8. The molecule has 0 aliphatic heterocycles. The molecule has 0 radical (unpaired) electrons. The molecule has 34 heavy (non-hydrogen) atoms. The van der Waals surface area contributed by atoms with Gasteiger partial charge in [0.2, 0.25) is 0 Å². The van der Waals surface area contributed by atoms with Crippen molar-refractivity contribution in [1.29, 1.82) is 0 Å². The normalized spacial score (nSPS) is 12.1. The van der Waals surface area contributed by atoms with Gasteiger partial charge in [-0.25, -0.2) is 0 Å². The lowest BCUT2D eigenvalue weighted by Crippen LogP contribution is -2.35. The molecule has 5 nitrogen and oxygen atoms in total. The van der Waals surface area contributed by atoms with Crippen LogP contribution in [0.15, 0.2) is 89.7 Å². The zero-order valence-corrected chi connectivity index (χ0v) is 19.9. The average molecular weight is 454 g/mol. The lowest BCUT2D eigenvalue weighted by atomic mass is 9.99. The molecule has 2 N–H and O–H groups in total. The summed E-state index contributed by atoms with van der Waals surface area (Å²) in [5.41, 5.74) is 2.85. The first kappa shape index (κ1) is 23.5. The van der Waals surface area contributed by atoms with Crippen LogP contribution in [0.5, 0.6) is 0 Å². The van der Waals surface area contributed by atoms with Crippen molar-refractivity contribution in [3.63, 3.8) is 0 Å². The second-order valence-electron chi connectivity index (χ2n) is 8.72. The van der Waals surface area contributed by atoms with Gasteiger partial charge in [0.05, 0.1) is 17.3 Å². The molecule has 0 unspecified atom stereocenters. The van der Waals surface area contributed by atoms with E-state index in [9.17, 15) is 9.59 Å². The third kappa shape index (κ3) is 4.80. The van der Waals surface area contributed by atoms with Crippen LogP contribution in [-0.2, 0) is 6.54 Å². The Balaban J connectivity index is 1.93. The van der Waals surface area contributed by atoms with E-state index in [2.05, 4.69) is 17.6 Å². The molecule has 0 aliphatic carbocycles. The van der Waals surface area contributed by atoms with E-state index in [1.165, 1.54) is 0 Å². The molecule has 0 bridgehead atoms. The van der Waals surface area contributed by atoms with Gasteiger partial charge < -0.3 is 10.6 Å². The van der Waals surface area contributed by atoms with E-state index in [1.54, 1.807) is 10.6 Å². The molecule has 0 spiro atoms. The Morgan fingerprint density at radius 1 is 0.853 bits per heavy atom. The first-order chi connectivity index (χ1) is 16.5. The monoisotopic (exact) mass is 453 g/mol. The Bertz CT molecular complexity index is 1330. The third-order valence-corrected chi connectivity index (χ3v) is 6.02. The van der Waals surface area contributed by atoms with Gasteiger partial charge in [-0.05, 0) is 30.2 Å². The summed E-state index contributed by atoms with van der Waals surface area (Å²) >= 11 is 0. The maximum atomic E-state index is 13.9. The lowest BCUT2D eigenvalue weighted by Gasteiger charge is -2.23. The summed E-state index contributed by atoms with van der Waals surface area (Å²) < 4.78 is 1.68. The van der Waals surface area contributed by atoms with Crippen molar-refractivity contribution in [3.05, 3.63) is 112 Å². The standard InChI is InChI=1S/C29H31N3O2/c1-4-25(21-13-7-5-8-14-21)31-28(33)27-23-17-11-12-18-24(23)29(34)32(22-15-9-6-10-16-22)26(27)19-30-20(2)3/h5-18,20,25,30H,4,19H2,1-3H3,(H,31,33)/t25-/m0/s1. The largest absolute Gasteiger partial charge is 0.345 e. The minimum Gasteiger partial charge on any atom is -0.345 e. The fourth-order valence-electron chi connectivity index (χ4n) is 4.31. The molecule has 3 aromatic carbocycles. The molecule has 0 saturated heterocycles. The van der Waals surface area contributed by atoms with E-state index in [1.807, 2.05) is 92.7 Å². The van der Waals surface area contributed by atoms with Crippen LogP contribution in [-0.4, -0.2) is 16.5 Å². The van der Waals surface area contributed by atoms with Gasteiger partial charge in [0.15, 0.2) is 0 Å². The maximum Gasteiger partial charge on any atom is 0.263 e. The van der Waals surface area contributed by atoms with Crippen LogP contribution in [0, 0.1) is 0 Å². The van der Waals surface area contributed by atoms with Gasteiger partial charge in [-0.15, -0.1) is 0 Å². The van der Waals surface area contributed by atoms with Gasteiger partial charge in [-0.1, -0.05) is 87.5 Å². The summed E-state index contributed by atoms with van der Waals surface area (Å²) in [6.07, 6.45) is 0.756. The summed E-state index contributed by atoms with van der Waals surface area (Å²) in [5.74, 6) is -0.183. The Labute approximate surface area is 200 Å². The number of para-hydroxylation sites is 1. The molecule has 4 aromatic rings. The van der Waals surface area contributed by atoms with Crippen LogP contribution in [0.25, 0.3) is 16.5 Å². The highest BCUT2D eigenvalue weighted by molar-refractivity contribution is 6.08. The Hall–Kier alpha value is -3.70. The molecule has 1 amide bonds. The smallest absolute Gasteiger partial charge is 0.263 e. The summed E-state index contributed by atoms with van der Waals surface area (Å²) in [5, 5.41) is 7.85. The van der Waals surface area contributed by atoms with Crippen LogP contribution in [0.2, 0.25) is 0 Å². The summed E-state index contributed by atoms with van der Waals surface area (Å²) in [6, 6.07) is 26.9. The number of pyridine rings is 1. The third-order valence-electron chi connectivity index (χ3n) is 6.02. The quantitative estimate of drug-likeness (QED) is 0.377. The molecule has 4 rings (SSSR count). The predicted octanol–water partition coefficient (Wildman–Crippen LogP) is 5.37. The molecular weight excluding hydrogens is 422 g/mol. The number of aromatic nitrogens is 1. The van der Waals surface area contributed by atoms with Crippen molar-refractivity contribution in [2.24, 2.45) is 0 Å². The fraction of sp³-hybridized carbons (Fsp3) is 0.241. The molecule has 0 fully saturated rings. The van der Waals surface area contributed by atoms with Gasteiger partial charge in [0, 0.05) is 29.0 Å². The number of carbonyl (C=O) groups is 1. The number of nitrogens with one attached hydrogen (secondary N) is 2. The second-order valence-corrected chi connectivity index (χ2v) is 8.72. The Morgan fingerprint density at radius 3 is 2.06 bits per heavy atom. The molecular formula is C29H31N3O2. The highest BCUT2D eigenvalue weighted by Crippen LogP contribution is 2.25. The van der Waals surface area contributed by atoms with Crippen LogP contribution in [0.1, 0.15) is 54.8 Å². The second kappa shape index (κ2) is 10.5. The Kier molecular flexibility index (Phi) is 7.24. The van der Waals surface area contributed by atoms with Gasteiger partial charge >= 0.3 is 0 Å². The van der Waals surface area contributed by atoms with Crippen LogP contribution in [0.4, 0.5) is 0 Å². The van der Waals surface area contributed by atoms with Crippen molar-refractivity contribution < 1.29 is 4.79 Å². The number of carbonyl (C=O) groups excluding carboxylic acids is 1. The van der Waals surface area contributed by atoms with E-state index in [0.717, 1.165) is 17.7 Å². The SMILES string of the molecule is CC[C@H](NC(=O)c1c(CNC(C)C)n(-c2ccccc2)c(=O)c2ccccc12)c1ccccc1. The number of fused-ring (bicyclic) bond motifs is 1. The van der Waals surface area contributed by atoms with Crippen LogP contribution < -0.4 is 16.2 Å². The highest BCUT2D eigenvalue weighted by Gasteiger charge is 2.24. The zero-order chi connectivity index (χ0) is 24.1.